The fourth-order valence-electron chi connectivity index (χ4n) is 1.92. The van der Waals surface area contributed by atoms with Crippen LogP contribution in [-0.2, 0) is 10.7 Å². The molecule has 98 valence electrons. The number of hydrogen-bond donors (Lipinski definition) is 1. The summed E-state index contributed by atoms with van der Waals surface area (Å²) in [5, 5.41) is -0.574. The van der Waals surface area contributed by atoms with Crippen molar-refractivity contribution in [1.82, 2.24) is 0 Å². The zero-order chi connectivity index (χ0) is 13.7. The van der Waals surface area contributed by atoms with Crippen LogP contribution >= 0.6 is 0 Å². The average molecular weight is 272 g/mol. The number of thiol groups is 1. The van der Waals surface area contributed by atoms with Crippen molar-refractivity contribution in [2.45, 2.75) is 12.2 Å². The summed E-state index contributed by atoms with van der Waals surface area (Å²) < 4.78 is 22.8. The zero-order valence-corrected chi connectivity index (χ0v) is 11.6. The minimum atomic E-state index is -2.54. The van der Waals surface area contributed by atoms with Crippen LogP contribution in [0.4, 0.5) is 0 Å². The average Bonchev–Trinajstić information content (AvgIpc) is 2.40. The largest absolute Gasteiger partial charge is 0.231 e. The predicted molar refractivity (Wildman–Crippen MR) is 79.7 cm³/mol. The summed E-state index contributed by atoms with van der Waals surface area (Å²) in [6.07, 6.45) is 3.58. The molecule has 3 heteroatoms. The third-order valence-electron chi connectivity index (χ3n) is 2.88. The summed E-state index contributed by atoms with van der Waals surface area (Å²) in [6, 6.07) is 17.3. The van der Waals surface area contributed by atoms with Gasteiger partial charge in [-0.05, 0) is 18.1 Å². The smallest absolute Gasteiger partial charge is 0.150 e. The van der Waals surface area contributed by atoms with Crippen LogP contribution in [0.1, 0.15) is 21.9 Å². The van der Waals surface area contributed by atoms with E-state index < -0.39 is 16.0 Å². The molecule has 0 saturated carbocycles. The van der Waals surface area contributed by atoms with Crippen LogP contribution < -0.4 is 0 Å². The van der Waals surface area contributed by atoms with E-state index in [0.717, 1.165) is 16.7 Å². The molecule has 0 amide bonds. The molecular formula is C16H16O2S. The van der Waals surface area contributed by atoms with E-state index >= 15 is 0 Å². The number of benzene rings is 2. The molecule has 1 unspecified atom stereocenters. The fraction of sp³-hybridized carbons (Fsp3) is 0.125. The lowest BCUT2D eigenvalue weighted by atomic mass is 10.1. The van der Waals surface area contributed by atoms with Gasteiger partial charge in [-0.2, -0.15) is 0 Å². The first-order valence-electron chi connectivity index (χ1n) is 6.10. The molecule has 2 nitrogen and oxygen atoms in total. The molecule has 19 heavy (non-hydrogen) atoms. The maximum Gasteiger partial charge on any atom is 0.150 e. The Balaban J connectivity index is 2.30. The van der Waals surface area contributed by atoms with Crippen molar-refractivity contribution < 1.29 is 8.42 Å². The second-order valence-electron chi connectivity index (χ2n) is 4.41. The van der Waals surface area contributed by atoms with Crippen molar-refractivity contribution in [3.8, 4) is 0 Å². The number of rotatable bonds is 4. The molecule has 0 aliphatic carbocycles. The van der Waals surface area contributed by atoms with Gasteiger partial charge in [0.2, 0.25) is 0 Å². The summed E-state index contributed by atoms with van der Waals surface area (Å²) in [7, 11) is -2.54. The molecule has 0 radical (unpaired) electrons. The molecular weight excluding hydrogens is 256 g/mol. The highest BCUT2D eigenvalue weighted by Crippen LogP contribution is 2.20. The van der Waals surface area contributed by atoms with Gasteiger partial charge in [-0.15, -0.1) is 0 Å². The number of hydrogen-bond acceptors (Lipinski definition) is 2. The Labute approximate surface area is 115 Å². The van der Waals surface area contributed by atoms with Gasteiger partial charge in [0.15, 0.2) is 10.7 Å². The zero-order valence-electron chi connectivity index (χ0n) is 10.7. The lowest BCUT2D eigenvalue weighted by molar-refractivity contribution is 0.609. The van der Waals surface area contributed by atoms with Crippen molar-refractivity contribution >= 4 is 16.8 Å². The van der Waals surface area contributed by atoms with E-state index in [1.807, 2.05) is 67.6 Å². The minimum absolute atomic E-state index is 0.574. The fourth-order valence-corrected chi connectivity index (χ4v) is 2.55. The van der Waals surface area contributed by atoms with Crippen molar-refractivity contribution in [2.75, 3.05) is 0 Å². The topological polar surface area (TPSA) is 34.1 Å². The van der Waals surface area contributed by atoms with Crippen molar-refractivity contribution in [1.29, 1.82) is 0 Å². The molecule has 2 aromatic rings. The van der Waals surface area contributed by atoms with E-state index in [-0.39, 0.29) is 0 Å². The summed E-state index contributed by atoms with van der Waals surface area (Å²) in [5.41, 5.74) is 2.87. The summed E-state index contributed by atoms with van der Waals surface area (Å²) in [4.78, 5) is 0. The molecule has 0 saturated heterocycles. The lowest BCUT2D eigenvalue weighted by Gasteiger charge is -2.06. The van der Waals surface area contributed by atoms with Crippen LogP contribution in [0.15, 0.2) is 60.7 Å². The van der Waals surface area contributed by atoms with Crippen LogP contribution in [0.3, 0.4) is 0 Å². The van der Waals surface area contributed by atoms with Crippen LogP contribution in [0.2, 0.25) is 0 Å². The highest BCUT2D eigenvalue weighted by atomic mass is 32.2. The van der Waals surface area contributed by atoms with E-state index in [0.29, 0.717) is 0 Å². The molecule has 0 aromatic heterocycles. The van der Waals surface area contributed by atoms with Gasteiger partial charge in [0, 0.05) is 0 Å². The summed E-state index contributed by atoms with van der Waals surface area (Å²) in [5.74, 6) is 0. The van der Waals surface area contributed by atoms with Crippen molar-refractivity contribution in [2.24, 2.45) is 0 Å². The van der Waals surface area contributed by atoms with E-state index in [1.165, 1.54) is 0 Å². The molecule has 0 spiro atoms. The summed E-state index contributed by atoms with van der Waals surface area (Å²) >= 11 is 0. The van der Waals surface area contributed by atoms with E-state index in [1.54, 1.807) is 6.08 Å². The van der Waals surface area contributed by atoms with Gasteiger partial charge in [0.05, 0.1) is 0 Å². The van der Waals surface area contributed by atoms with Crippen LogP contribution in [0.25, 0.3) is 6.08 Å². The molecule has 0 heterocycles. The SMILES string of the molecule is Cc1cccc(C(C=Cc2ccccc2)[SH](=O)=O)c1. The second-order valence-corrected chi connectivity index (χ2v) is 5.54. The Bertz CT molecular complexity index is 635. The Morgan fingerprint density at radius 2 is 1.74 bits per heavy atom. The van der Waals surface area contributed by atoms with Crippen LogP contribution in [0, 0.1) is 6.92 Å². The molecule has 0 bridgehead atoms. The lowest BCUT2D eigenvalue weighted by Crippen LogP contribution is -1.97. The quantitative estimate of drug-likeness (QED) is 0.866. The van der Waals surface area contributed by atoms with Gasteiger partial charge < -0.3 is 0 Å². The molecule has 1 atom stereocenters. The van der Waals surface area contributed by atoms with Crippen LogP contribution in [0.5, 0.6) is 0 Å². The van der Waals surface area contributed by atoms with Gasteiger partial charge in [0.25, 0.3) is 0 Å². The number of aryl methyl sites for hydroxylation is 1. The third kappa shape index (κ3) is 3.80. The van der Waals surface area contributed by atoms with Gasteiger partial charge in [-0.1, -0.05) is 72.3 Å². The molecule has 2 rings (SSSR count). The van der Waals surface area contributed by atoms with Crippen LogP contribution in [-0.4, -0.2) is 8.42 Å². The van der Waals surface area contributed by atoms with E-state index in [2.05, 4.69) is 0 Å². The van der Waals surface area contributed by atoms with Crippen molar-refractivity contribution in [3.05, 3.63) is 77.4 Å². The third-order valence-corrected chi connectivity index (χ3v) is 3.81. The maximum absolute atomic E-state index is 11.4. The van der Waals surface area contributed by atoms with Gasteiger partial charge in [0.1, 0.15) is 5.25 Å². The minimum Gasteiger partial charge on any atom is -0.231 e. The highest BCUT2D eigenvalue weighted by molar-refractivity contribution is 7.72. The summed E-state index contributed by atoms with van der Waals surface area (Å²) in [6.45, 7) is 1.96. The Kier molecular flexibility index (Phi) is 4.53. The maximum atomic E-state index is 11.4. The van der Waals surface area contributed by atoms with E-state index in [4.69, 9.17) is 0 Å². The highest BCUT2D eigenvalue weighted by Gasteiger charge is 2.10. The second kappa shape index (κ2) is 6.34. The first-order valence-corrected chi connectivity index (χ1v) is 7.35. The van der Waals surface area contributed by atoms with E-state index in [9.17, 15) is 8.42 Å². The first kappa shape index (κ1) is 13.6. The molecule has 2 aromatic carbocycles. The Hall–Kier alpha value is -1.87. The first-order chi connectivity index (χ1) is 9.16. The normalized spacial score (nSPS) is 12.9. The molecule has 0 N–H and O–H groups in total. The molecule has 0 aliphatic rings. The Morgan fingerprint density at radius 1 is 1.00 bits per heavy atom. The van der Waals surface area contributed by atoms with Crippen molar-refractivity contribution in [3.63, 3.8) is 0 Å². The predicted octanol–water partition coefficient (Wildman–Crippen LogP) is 3.36. The van der Waals surface area contributed by atoms with Gasteiger partial charge >= 0.3 is 0 Å². The molecule has 0 fully saturated rings. The monoisotopic (exact) mass is 272 g/mol. The molecule has 0 aliphatic heterocycles. The Morgan fingerprint density at radius 3 is 2.37 bits per heavy atom. The van der Waals surface area contributed by atoms with Gasteiger partial charge in [-0.25, -0.2) is 8.42 Å². The standard InChI is InChI=1S/C16H16O2S/c1-13-6-5-9-15(12-13)16(19(17)18)11-10-14-7-3-2-4-8-14/h2-12,16,19H,1H3. The van der Waals surface area contributed by atoms with Gasteiger partial charge in [-0.3, -0.25) is 0 Å².